The van der Waals surface area contributed by atoms with Gasteiger partial charge in [-0.3, -0.25) is 4.99 Å². The van der Waals surface area contributed by atoms with Gasteiger partial charge in [0.15, 0.2) is 0 Å². The Kier molecular flexibility index (Phi) is 3.87. The van der Waals surface area contributed by atoms with Gasteiger partial charge in [0, 0.05) is 13.3 Å². The minimum absolute atomic E-state index is 0.564. The highest BCUT2D eigenvalue weighted by Gasteiger charge is 2.07. The van der Waals surface area contributed by atoms with E-state index in [1.54, 1.807) is 0 Å². The highest BCUT2D eigenvalue weighted by Crippen LogP contribution is 2.21. The molecular weight excluding hydrogens is 170 g/mol. The molecule has 0 N–H and O–H groups in total. The number of aryl methyl sites for hydroxylation is 1. The molecule has 0 unspecified atom stereocenters. The minimum Gasteiger partial charge on any atom is -0.296 e. The van der Waals surface area contributed by atoms with E-state index >= 15 is 0 Å². The molecule has 0 radical (unpaired) electrons. The van der Waals surface area contributed by atoms with Gasteiger partial charge in [-0.15, -0.1) is 0 Å². The van der Waals surface area contributed by atoms with Crippen LogP contribution in [0, 0.1) is 0 Å². The largest absolute Gasteiger partial charge is 0.296 e. The first-order valence-corrected chi connectivity index (χ1v) is 5.24. The molecule has 1 aromatic rings. The predicted molar refractivity (Wildman–Crippen MR) is 63.4 cm³/mol. The summed E-state index contributed by atoms with van der Waals surface area (Å²) in [6.45, 7) is 6.63. The molecule has 14 heavy (non-hydrogen) atoms. The Morgan fingerprint density at radius 3 is 2.57 bits per heavy atom. The van der Waals surface area contributed by atoms with Gasteiger partial charge in [-0.25, -0.2) is 0 Å². The summed E-state index contributed by atoms with van der Waals surface area (Å²) in [5, 5.41) is 0. The van der Waals surface area contributed by atoms with E-state index in [9.17, 15) is 0 Å². The summed E-state index contributed by atoms with van der Waals surface area (Å²) in [7, 11) is 1.83. The number of aliphatic imine (C=N–C) groups is 1. The quantitative estimate of drug-likeness (QED) is 0.646. The van der Waals surface area contributed by atoms with Crippen molar-refractivity contribution in [2.45, 2.75) is 33.1 Å². The van der Waals surface area contributed by atoms with Gasteiger partial charge in [-0.1, -0.05) is 39.0 Å². The molecule has 76 valence electrons. The van der Waals surface area contributed by atoms with Crippen molar-refractivity contribution in [2.24, 2.45) is 4.99 Å². The topological polar surface area (TPSA) is 12.4 Å². The Morgan fingerprint density at radius 1 is 1.36 bits per heavy atom. The smallest absolute Gasteiger partial charge is 0.0287 e. The standard InChI is InChI=1S/C13H19N/c1-5-11-7-6-8-12(10(2)3)13(11)9-14-4/h6-10H,5H2,1-4H3/b14-9-. The second-order valence-electron chi connectivity index (χ2n) is 3.82. The van der Waals surface area contributed by atoms with E-state index in [0.717, 1.165) is 6.42 Å². The molecule has 0 bridgehead atoms. The lowest BCUT2D eigenvalue weighted by Crippen LogP contribution is -2.00. The van der Waals surface area contributed by atoms with Crippen LogP contribution in [-0.4, -0.2) is 13.3 Å². The van der Waals surface area contributed by atoms with Crippen LogP contribution in [0.5, 0.6) is 0 Å². The van der Waals surface area contributed by atoms with Crippen LogP contribution < -0.4 is 0 Å². The average molecular weight is 189 g/mol. The van der Waals surface area contributed by atoms with Gasteiger partial charge in [0.25, 0.3) is 0 Å². The molecule has 0 aliphatic rings. The van der Waals surface area contributed by atoms with Crippen LogP contribution in [-0.2, 0) is 6.42 Å². The highest BCUT2D eigenvalue weighted by atomic mass is 14.6. The summed E-state index contributed by atoms with van der Waals surface area (Å²) in [5.41, 5.74) is 4.10. The van der Waals surface area contributed by atoms with E-state index < -0.39 is 0 Å². The molecule has 0 atom stereocenters. The molecular formula is C13H19N. The minimum atomic E-state index is 0.564. The van der Waals surface area contributed by atoms with E-state index in [4.69, 9.17) is 0 Å². The normalized spacial score (nSPS) is 11.5. The van der Waals surface area contributed by atoms with Crippen molar-refractivity contribution in [3.05, 3.63) is 34.9 Å². The monoisotopic (exact) mass is 189 g/mol. The van der Waals surface area contributed by atoms with Crippen LogP contribution in [0.4, 0.5) is 0 Å². The van der Waals surface area contributed by atoms with Crippen molar-refractivity contribution < 1.29 is 0 Å². The summed E-state index contributed by atoms with van der Waals surface area (Å²) in [4.78, 5) is 4.13. The van der Waals surface area contributed by atoms with Crippen LogP contribution in [0.3, 0.4) is 0 Å². The summed E-state index contributed by atoms with van der Waals surface area (Å²) < 4.78 is 0. The first-order chi connectivity index (χ1) is 6.70. The predicted octanol–water partition coefficient (Wildman–Crippen LogP) is 3.42. The fourth-order valence-corrected chi connectivity index (χ4v) is 1.73. The van der Waals surface area contributed by atoms with Gasteiger partial charge in [0.1, 0.15) is 0 Å². The Hall–Kier alpha value is -1.11. The molecule has 0 saturated heterocycles. The third-order valence-electron chi connectivity index (χ3n) is 2.49. The zero-order valence-corrected chi connectivity index (χ0v) is 9.54. The molecule has 0 fully saturated rings. The summed E-state index contributed by atoms with van der Waals surface area (Å²) in [6, 6.07) is 6.52. The Labute approximate surface area is 86.9 Å². The van der Waals surface area contributed by atoms with E-state index in [2.05, 4.69) is 44.0 Å². The van der Waals surface area contributed by atoms with Crippen molar-refractivity contribution >= 4 is 6.21 Å². The van der Waals surface area contributed by atoms with Crippen LogP contribution >= 0.6 is 0 Å². The maximum absolute atomic E-state index is 4.13. The lowest BCUT2D eigenvalue weighted by atomic mass is 9.93. The molecule has 0 spiro atoms. The van der Waals surface area contributed by atoms with Crippen LogP contribution in [0.25, 0.3) is 0 Å². The first kappa shape index (κ1) is 11.0. The molecule has 0 aliphatic heterocycles. The number of benzene rings is 1. The molecule has 0 amide bonds. The van der Waals surface area contributed by atoms with Crippen LogP contribution in [0.15, 0.2) is 23.2 Å². The van der Waals surface area contributed by atoms with Gasteiger partial charge in [0.2, 0.25) is 0 Å². The Morgan fingerprint density at radius 2 is 2.07 bits per heavy atom. The lowest BCUT2D eigenvalue weighted by molar-refractivity contribution is 0.860. The fourth-order valence-electron chi connectivity index (χ4n) is 1.73. The van der Waals surface area contributed by atoms with Crippen LogP contribution in [0.2, 0.25) is 0 Å². The van der Waals surface area contributed by atoms with E-state index in [1.807, 2.05) is 13.3 Å². The molecule has 0 saturated carbocycles. The molecule has 1 nitrogen and oxygen atoms in total. The summed E-state index contributed by atoms with van der Waals surface area (Å²) in [5.74, 6) is 0.564. The zero-order chi connectivity index (χ0) is 10.6. The molecule has 0 aromatic heterocycles. The summed E-state index contributed by atoms with van der Waals surface area (Å²) in [6.07, 6.45) is 3.05. The molecule has 1 aromatic carbocycles. The molecule has 0 aliphatic carbocycles. The van der Waals surface area contributed by atoms with E-state index in [0.29, 0.717) is 5.92 Å². The van der Waals surface area contributed by atoms with Crippen molar-refractivity contribution in [3.8, 4) is 0 Å². The van der Waals surface area contributed by atoms with E-state index in [1.165, 1.54) is 16.7 Å². The first-order valence-electron chi connectivity index (χ1n) is 5.24. The number of nitrogens with zero attached hydrogens (tertiary/aromatic N) is 1. The second kappa shape index (κ2) is 4.94. The average Bonchev–Trinajstić information content (AvgIpc) is 2.18. The number of hydrogen-bond acceptors (Lipinski definition) is 1. The fraction of sp³-hybridized carbons (Fsp3) is 0.462. The van der Waals surface area contributed by atoms with Crippen molar-refractivity contribution in [1.82, 2.24) is 0 Å². The Balaban J connectivity index is 3.27. The summed E-state index contributed by atoms with van der Waals surface area (Å²) >= 11 is 0. The van der Waals surface area contributed by atoms with E-state index in [-0.39, 0.29) is 0 Å². The highest BCUT2D eigenvalue weighted by molar-refractivity contribution is 5.84. The van der Waals surface area contributed by atoms with Gasteiger partial charge in [-0.2, -0.15) is 0 Å². The van der Waals surface area contributed by atoms with Crippen molar-refractivity contribution in [3.63, 3.8) is 0 Å². The van der Waals surface area contributed by atoms with Gasteiger partial charge < -0.3 is 0 Å². The van der Waals surface area contributed by atoms with Gasteiger partial charge >= 0.3 is 0 Å². The third-order valence-corrected chi connectivity index (χ3v) is 2.49. The van der Waals surface area contributed by atoms with Gasteiger partial charge in [-0.05, 0) is 29.0 Å². The maximum atomic E-state index is 4.13. The molecule has 1 rings (SSSR count). The third kappa shape index (κ3) is 2.22. The molecule has 0 heterocycles. The lowest BCUT2D eigenvalue weighted by Gasteiger charge is -2.12. The second-order valence-corrected chi connectivity index (χ2v) is 3.82. The maximum Gasteiger partial charge on any atom is 0.0287 e. The number of rotatable bonds is 3. The zero-order valence-electron chi connectivity index (χ0n) is 9.54. The Bertz CT molecular complexity index is 324. The SMILES string of the molecule is CCc1cccc(C(C)C)c1/C=N\C. The number of hydrogen-bond donors (Lipinski definition) is 0. The van der Waals surface area contributed by atoms with Gasteiger partial charge in [0.05, 0.1) is 0 Å². The van der Waals surface area contributed by atoms with Crippen LogP contribution in [0.1, 0.15) is 43.4 Å². The molecule has 1 heteroatoms. The van der Waals surface area contributed by atoms with Crippen molar-refractivity contribution in [2.75, 3.05) is 7.05 Å². The van der Waals surface area contributed by atoms with Crippen molar-refractivity contribution in [1.29, 1.82) is 0 Å².